The van der Waals surface area contributed by atoms with E-state index < -0.39 is 37.7 Å². The summed E-state index contributed by atoms with van der Waals surface area (Å²) in [7, 11) is -5.24. The minimum Gasteiger partial charge on any atom is -0.383 e. The first-order valence-corrected chi connectivity index (χ1v) is 18.4. The highest BCUT2D eigenvalue weighted by Gasteiger charge is 2.44. The molecule has 0 radical (unpaired) electrons. The molecule has 0 saturated carbocycles. The smallest absolute Gasteiger partial charge is 0.285 e. The third kappa shape index (κ3) is 6.86. The van der Waals surface area contributed by atoms with E-state index in [9.17, 15) is 30.8 Å². The molecule has 7 rings (SSSR count). The van der Waals surface area contributed by atoms with Gasteiger partial charge in [0.25, 0.3) is 31.9 Å². The lowest BCUT2D eigenvalue weighted by Crippen LogP contribution is -2.35. The normalized spacial score (nSPS) is 16.5. The van der Waals surface area contributed by atoms with Crippen LogP contribution in [0.4, 0.5) is 15.8 Å². The van der Waals surface area contributed by atoms with E-state index in [-0.39, 0.29) is 34.4 Å². The second-order valence-electron chi connectivity index (χ2n) is 11.3. The first-order chi connectivity index (χ1) is 24.4. The van der Waals surface area contributed by atoms with Gasteiger partial charge in [0, 0.05) is 42.6 Å². The average molecular weight is 730 g/mol. The molecule has 0 atom stereocenters. The molecule has 5 aromatic rings. The summed E-state index contributed by atoms with van der Waals surface area (Å²) in [6.07, 6.45) is 1.82. The maximum absolute atomic E-state index is 13.1. The van der Waals surface area contributed by atoms with Crippen molar-refractivity contribution in [2.75, 3.05) is 37.9 Å². The molecule has 0 bridgehead atoms. The zero-order valence-corrected chi connectivity index (χ0v) is 29.0. The zero-order chi connectivity index (χ0) is 36.3. The van der Waals surface area contributed by atoms with E-state index >= 15 is 0 Å². The minimum absolute atomic E-state index is 0.0247. The quantitative estimate of drug-likeness (QED) is 0.186. The number of ether oxygens (including phenoxy) is 1. The van der Waals surface area contributed by atoms with Crippen molar-refractivity contribution in [3.05, 3.63) is 144 Å². The van der Waals surface area contributed by atoms with E-state index in [2.05, 4.69) is 15.6 Å². The van der Waals surface area contributed by atoms with Gasteiger partial charge in [-0.1, -0.05) is 60.7 Å². The Bertz CT molecular complexity index is 2400. The number of nitrogens with zero attached hydrogens (tertiary/aromatic N) is 2. The van der Waals surface area contributed by atoms with Crippen molar-refractivity contribution < 1.29 is 35.6 Å². The molecule has 2 aliphatic rings. The first kappa shape index (κ1) is 35.1. The molecule has 0 spiro atoms. The molecule has 15 heteroatoms. The summed E-state index contributed by atoms with van der Waals surface area (Å²) < 4.78 is 70.8. The highest BCUT2D eigenvalue weighted by atomic mass is 32.2. The molecule has 3 N–H and O–H groups in total. The van der Waals surface area contributed by atoms with Crippen LogP contribution >= 0.6 is 0 Å². The number of carbonyl (C=O) groups is 2. The number of carbonyl (C=O) groups excluding carboxylic acids is 2. The van der Waals surface area contributed by atoms with E-state index in [1.807, 2.05) is 24.4 Å². The fourth-order valence-electron chi connectivity index (χ4n) is 5.53. The number of hydrogen-bond donors (Lipinski definition) is 3. The number of nitrogens with one attached hydrogen (secondary N) is 3. The van der Waals surface area contributed by atoms with Crippen molar-refractivity contribution in [1.82, 2.24) is 13.6 Å². The number of aromatic nitrogens is 1. The number of anilines is 2. The zero-order valence-electron chi connectivity index (χ0n) is 27.3. The number of hydrogen-bond acceptors (Lipinski definition) is 9. The molecular formula is C36H32FN5O7S2. The Labute approximate surface area is 294 Å². The lowest BCUT2D eigenvalue weighted by atomic mass is 10.1. The summed E-state index contributed by atoms with van der Waals surface area (Å²) in [5, 5.41) is 6.79. The summed E-state index contributed by atoms with van der Waals surface area (Å²) >= 11 is 0. The molecule has 0 saturated heterocycles. The van der Waals surface area contributed by atoms with Gasteiger partial charge in [0.2, 0.25) is 0 Å². The number of sulfonamides is 2. The molecule has 0 aliphatic carbocycles. The average Bonchev–Trinajstić information content (AvgIpc) is 3.71. The fourth-order valence-corrected chi connectivity index (χ4v) is 8.62. The first-order valence-electron chi connectivity index (χ1n) is 15.5. The number of benzene rings is 4. The van der Waals surface area contributed by atoms with Crippen molar-refractivity contribution in [3.63, 3.8) is 0 Å². The Morgan fingerprint density at radius 3 is 1.86 bits per heavy atom. The second-order valence-corrected chi connectivity index (χ2v) is 15.0. The molecule has 51 heavy (non-hydrogen) atoms. The molecule has 12 nitrogen and oxygen atoms in total. The third-order valence-electron chi connectivity index (χ3n) is 8.07. The number of H-pyrrole nitrogens is 1. The predicted molar refractivity (Wildman–Crippen MR) is 193 cm³/mol. The van der Waals surface area contributed by atoms with Gasteiger partial charge in [-0.2, -0.15) is 0 Å². The molecule has 0 unspecified atom stereocenters. The van der Waals surface area contributed by atoms with E-state index in [1.54, 1.807) is 66.7 Å². The number of halogens is 1. The van der Waals surface area contributed by atoms with Gasteiger partial charge in [0.15, 0.2) is 0 Å². The van der Waals surface area contributed by atoms with Gasteiger partial charge < -0.3 is 20.4 Å². The minimum atomic E-state index is -3.99. The van der Waals surface area contributed by atoms with Crippen molar-refractivity contribution in [3.8, 4) is 0 Å². The summed E-state index contributed by atoms with van der Waals surface area (Å²) in [4.78, 5) is 28.3. The van der Waals surface area contributed by atoms with Gasteiger partial charge in [-0.3, -0.25) is 9.59 Å². The van der Waals surface area contributed by atoms with Crippen molar-refractivity contribution >= 4 is 63.9 Å². The van der Waals surface area contributed by atoms with Crippen LogP contribution in [0.5, 0.6) is 0 Å². The van der Waals surface area contributed by atoms with Crippen molar-refractivity contribution in [1.29, 1.82) is 0 Å². The van der Waals surface area contributed by atoms with Crippen LogP contribution in [-0.2, 0) is 34.4 Å². The molecule has 4 aromatic carbocycles. The Balaban J connectivity index is 0.000000179. The van der Waals surface area contributed by atoms with Crippen LogP contribution in [0.25, 0.3) is 20.7 Å². The predicted octanol–water partition coefficient (Wildman–Crippen LogP) is 5.18. The Morgan fingerprint density at radius 2 is 1.25 bits per heavy atom. The number of rotatable bonds is 9. The van der Waals surface area contributed by atoms with Gasteiger partial charge in [-0.25, -0.2) is 29.8 Å². The number of aromatic amines is 1. The molecular weight excluding hydrogens is 698 g/mol. The number of methoxy groups -OCH3 is 1. The molecule has 3 heterocycles. The van der Waals surface area contributed by atoms with Crippen LogP contribution < -0.4 is 10.6 Å². The van der Waals surface area contributed by atoms with Crippen LogP contribution in [0.1, 0.15) is 11.1 Å². The largest absolute Gasteiger partial charge is 0.383 e. The lowest BCUT2D eigenvalue weighted by molar-refractivity contribution is -0.122. The van der Waals surface area contributed by atoms with Gasteiger partial charge in [-0.05, 0) is 59.7 Å². The Hall–Kier alpha value is -5.77. The summed E-state index contributed by atoms with van der Waals surface area (Å²) in [6, 6.07) is 29.8. The Morgan fingerprint density at radius 1 is 0.706 bits per heavy atom. The molecule has 1 aromatic heterocycles. The highest BCUT2D eigenvalue weighted by Crippen LogP contribution is 2.37. The van der Waals surface area contributed by atoms with Crippen molar-refractivity contribution in [2.45, 2.75) is 0 Å². The monoisotopic (exact) mass is 729 g/mol. The van der Waals surface area contributed by atoms with Crippen LogP contribution in [0.2, 0.25) is 0 Å². The maximum atomic E-state index is 13.1. The number of fused-ring (bicyclic) bond motifs is 1. The van der Waals surface area contributed by atoms with Gasteiger partial charge in [0.1, 0.15) is 27.0 Å². The SMILES string of the molecule is CN1C(=O)C(Nc2ccc(F)cc2)=C(c2ccccc2)S1(=O)=O.COCCN1C(=O)C(Nc2ccc3[nH]ccc3c2)=C(c2ccccc2)S1(=O)=O. The van der Waals surface area contributed by atoms with Crippen LogP contribution in [0, 0.1) is 5.82 Å². The molecule has 0 fully saturated rings. The fraction of sp³-hybridized carbons (Fsp3) is 0.111. The van der Waals surface area contributed by atoms with Crippen molar-refractivity contribution in [2.24, 2.45) is 0 Å². The van der Waals surface area contributed by atoms with Crippen LogP contribution in [-0.4, -0.2) is 69.6 Å². The van der Waals surface area contributed by atoms with Gasteiger partial charge in [-0.15, -0.1) is 0 Å². The van der Waals surface area contributed by atoms with E-state index in [0.29, 0.717) is 26.8 Å². The van der Waals surface area contributed by atoms with Crippen LogP contribution in [0.15, 0.2) is 127 Å². The molecule has 262 valence electrons. The second kappa shape index (κ2) is 14.2. The van der Waals surface area contributed by atoms with Gasteiger partial charge in [0.05, 0.1) is 13.2 Å². The molecule has 2 aliphatic heterocycles. The van der Waals surface area contributed by atoms with E-state index in [1.165, 1.54) is 38.4 Å². The molecule has 2 amide bonds. The summed E-state index contributed by atoms with van der Waals surface area (Å²) in [5.74, 6) is -1.67. The highest BCUT2D eigenvalue weighted by molar-refractivity contribution is 8.00. The standard InChI is InChI=1S/C20H19N3O4S.C16H13FN2O3S/c1-27-12-11-23-20(24)18(19(28(23,25)26)14-5-3-2-4-6-14)22-16-7-8-17-15(13-16)9-10-21-17;1-19-16(20)14(18-13-9-7-12(17)8-10-13)15(23(19,21)22)11-5-3-2-4-6-11/h2-10,13,21-22H,11-12H2,1H3;2-10,18H,1H3. The number of amides is 2. The maximum Gasteiger partial charge on any atom is 0.285 e. The van der Waals surface area contributed by atoms with E-state index in [0.717, 1.165) is 15.2 Å². The topological polar surface area (TPSA) is 158 Å². The van der Waals surface area contributed by atoms with Crippen LogP contribution in [0.3, 0.4) is 0 Å². The summed E-state index contributed by atoms with van der Waals surface area (Å²) in [5.41, 5.74) is 2.87. The Kier molecular flexibility index (Phi) is 9.78. The van der Waals surface area contributed by atoms with Gasteiger partial charge >= 0.3 is 0 Å². The third-order valence-corrected chi connectivity index (χ3v) is 11.8. The summed E-state index contributed by atoms with van der Waals surface area (Å²) in [6.45, 7) is 0.0751. The lowest BCUT2D eigenvalue weighted by Gasteiger charge is -2.15. The van der Waals surface area contributed by atoms with E-state index in [4.69, 9.17) is 4.74 Å². The number of likely N-dealkylation sites (N-methyl/N-ethyl adjacent to an activating group) is 1.